The van der Waals surface area contributed by atoms with Crippen LogP contribution in [-0.4, -0.2) is 18.9 Å². The number of hydrogen-bond acceptors (Lipinski definition) is 1. The molecule has 0 rings (SSSR count). The Bertz CT molecular complexity index is 126. The zero-order valence-corrected chi connectivity index (χ0v) is 6.73. The van der Waals surface area contributed by atoms with Crippen LogP contribution in [0.1, 0.15) is 20.3 Å². The van der Waals surface area contributed by atoms with Gasteiger partial charge < -0.3 is 5.32 Å². The molecule has 0 spiro atoms. The zero-order chi connectivity index (χ0) is 8.85. The Balaban J connectivity index is 3.32. The van der Waals surface area contributed by atoms with Gasteiger partial charge in [-0.05, 0) is 12.3 Å². The number of rotatable bonds is 4. The van der Waals surface area contributed by atoms with Gasteiger partial charge in [0.25, 0.3) is 5.91 Å². The molecule has 0 saturated carbocycles. The summed E-state index contributed by atoms with van der Waals surface area (Å²) < 4.78 is 23.1. The van der Waals surface area contributed by atoms with E-state index in [4.69, 9.17) is 0 Å². The molecule has 0 aliphatic rings. The third-order valence-corrected chi connectivity index (χ3v) is 1.22. The monoisotopic (exact) mass is 165 g/mol. The SMILES string of the molecule is CC(C)CCNC(=O)C(F)F. The number of hydrogen-bond donors (Lipinski definition) is 1. The van der Waals surface area contributed by atoms with Gasteiger partial charge in [-0.25, -0.2) is 0 Å². The highest BCUT2D eigenvalue weighted by molar-refractivity contribution is 5.78. The molecule has 0 aromatic heterocycles. The van der Waals surface area contributed by atoms with Crippen molar-refractivity contribution in [1.82, 2.24) is 5.32 Å². The van der Waals surface area contributed by atoms with Crippen LogP contribution >= 0.6 is 0 Å². The maximum atomic E-state index is 11.5. The molecule has 0 heterocycles. The maximum absolute atomic E-state index is 11.5. The molecule has 1 amide bonds. The highest BCUT2D eigenvalue weighted by Gasteiger charge is 2.13. The second-order valence-electron chi connectivity index (χ2n) is 2.77. The molecule has 0 aromatic carbocycles. The van der Waals surface area contributed by atoms with Gasteiger partial charge in [-0.15, -0.1) is 0 Å². The summed E-state index contributed by atoms with van der Waals surface area (Å²) in [6.45, 7) is 4.27. The van der Waals surface area contributed by atoms with Crippen molar-refractivity contribution >= 4 is 5.91 Å². The molecule has 11 heavy (non-hydrogen) atoms. The molecular weight excluding hydrogens is 152 g/mol. The topological polar surface area (TPSA) is 29.1 Å². The molecule has 0 bridgehead atoms. The normalized spacial score (nSPS) is 10.7. The van der Waals surface area contributed by atoms with Crippen LogP contribution in [0.3, 0.4) is 0 Å². The van der Waals surface area contributed by atoms with E-state index in [2.05, 4.69) is 5.32 Å². The fourth-order valence-corrected chi connectivity index (χ4v) is 0.561. The first-order chi connectivity index (χ1) is 5.04. The van der Waals surface area contributed by atoms with Gasteiger partial charge in [0, 0.05) is 6.54 Å². The second-order valence-corrected chi connectivity index (χ2v) is 2.77. The van der Waals surface area contributed by atoms with Gasteiger partial charge in [0.1, 0.15) is 0 Å². The van der Waals surface area contributed by atoms with E-state index in [9.17, 15) is 13.6 Å². The number of halogens is 2. The zero-order valence-electron chi connectivity index (χ0n) is 6.73. The maximum Gasteiger partial charge on any atom is 0.315 e. The highest BCUT2D eigenvalue weighted by Crippen LogP contribution is 1.97. The van der Waals surface area contributed by atoms with E-state index in [-0.39, 0.29) is 0 Å². The van der Waals surface area contributed by atoms with Crippen molar-refractivity contribution in [3.05, 3.63) is 0 Å². The van der Waals surface area contributed by atoms with Gasteiger partial charge >= 0.3 is 6.43 Å². The Labute approximate surface area is 65.0 Å². The summed E-state index contributed by atoms with van der Waals surface area (Å²) in [5, 5.41) is 2.12. The summed E-state index contributed by atoms with van der Waals surface area (Å²) in [5.41, 5.74) is 0. The van der Waals surface area contributed by atoms with E-state index in [1.165, 1.54) is 0 Å². The lowest BCUT2D eigenvalue weighted by molar-refractivity contribution is -0.131. The summed E-state index contributed by atoms with van der Waals surface area (Å²) in [6.07, 6.45) is -2.15. The fraction of sp³-hybridized carbons (Fsp3) is 0.857. The van der Waals surface area contributed by atoms with E-state index < -0.39 is 12.3 Å². The van der Waals surface area contributed by atoms with Crippen LogP contribution in [0.15, 0.2) is 0 Å². The van der Waals surface area contributed by atoms with Gasteiger partial charge in [-0.2, -0.15) is 8.78 Å². The summed E-state index contributed by atoms with van der Waals surface area (Å²) in [4.78, 5) is 10.3. The summed E-state index contributed by atoms with van der Waals surface area (Å²) >= 11 is 0. The van der Waals surface area contributed by atoms with Crippen LogP contribution in [-0.2, 0) is 4.79 Å². The minimum absolute atomic E-state index is 0.334. The lowest BCUT2D eigenvalue weighted by Gasteiger charge is -2.05. The van der Waals surface area contributed by atoms with E-state index in [1.807, 2.05) is 13.8 Å². The summed E-state index contributed by atoms with van der Waals surface area (Å²) in [6, 6.07) is 0. The Morgan fingerprint density at radius 3 is 2.36 bits per heavy atom. The van der Waals surface area contributed by atoms with Crippen molar-refractivity contribution in [2.24, 2.45) is 5.92 Å². The lowest BCUT2D eigenvalue weighted by Crippen LogP contribution is -2.30. The molecule has 0 saturated heterocycles. The molecule has 2 nitrogen and oxygen atoms in total. The predicted octanol–water partition coefficient (Wildman–Crippen LogP) is 1.41. The van der Waals surface area contributed by atoms with E-state index in [0.717, 1.165) is 6.42 Å². The van der Waals surface area contributed by atoms with Gasteiger partial charge in [-0.1, -0.05) is 13.8 Å². The first-order valence-electron chi connectivity index (χ1n) is 3.60. The molecule has 0 aliphatic heterocycles. The largest absolute Gasteiger partial charge is 0.351 e. The number of amides is 1. The molecule has 0 unspecified atom stereocenters. The smallest absolute Gasteiger partial charge is 0.315 e. The van der Waals surface area contributed by atoms with Gasteiger partial charge in [-0.3, -0.25) is 4.79 Å². The van der Waals surface area contributed by atoms with Crippen LogP contribution < -0.4 is 5.32 Å². The summed E-state index contributed by atoms with van der Waals surface area (Å²) in [5.74, 6) is -0.751. The molecule has 4 heteroatoms. The molecule has 0 fully saturated rings. The molecule has 0 aromatic rings. The van der Waals surface area contributed by atoms with Crippen LogP contribution in [0.4, 0.5) is 8.78 Å². The van der Waals surface area contributed by atoms with Crippen molar-refractivity contribution in [1.29, 1.82) is 0 Å². The average Bonchev–Trinajstić information content (AvgIpc) is 1.86. The van der Waals surface area contributed by atoms with Crippen molar-refractivity contribution in [3.8, 4) is 0 Å². The number of nitrogens with one attached hydrogen (secondary N) is 1. The first kappa shape index (κ1) is 10.3. The molecule has 0 atom stereocenters. The van der Waals surface area contributed by atoms with Crippen LogP contribution in [0.2, 0.25) is 0 Å². The number of carbonyl (C=O) groups excluding carboxylic acids is 1. The third-order valence-electron chi connectivity index (χ3n) is 1.22. The Hall–Kier alpha value is -0.670. The van der Waals surface area contributed by atoms with Crippen molar-refractivity contribution in [2.45, 2.75) is 26.7 Å². The average molecular weight is 165 g/mol. The Kier molecular flexibility index (Phi) is 4.74. The number of carbonyl (C=O) groups is 1. The fourth-order valence-electron chi connectivity index (χ4n) is 0.561. The minimum atomic E-state index is -2.89. The standard InChI is InChI=1S/C7H13F2NO/c1-5(2)3-4-10-7(11)6(8)9/h5-6H,3-4H2,1-2H3,(H,10,11). The van der Waals surface area contributed by atoms with E-state index in [0.29, 0.717) is 12.5 Å². The van der Waals surface area contributed by atoms with E-state index >= 15 is 0 Å². The highest BCUT2D eigenvalue weighted by atomic mass is 19.3. The Morgan fingerprint density at radius 2 is 2.00 bits per heavy atom. The molecular formula is C7H13F2NO. The van der Waals surface area contributed by atoms with Crippen LogP contribution in [0.25, 0.3) is 0 Å². The Morgan fingerprint density at radius 1 is 1.45 bits per heavy atom. The van der Waals surface area contributed by atoms with Crippen LogP contribution in [0, 0.1) is 5.92 Å². The molecule has 0 radical (unpaired) electrons. The molecule has 0 aliphatic carbocycles. The lowest BCUT2D eigenvalue weighted by atomic mass is 10.1. The first-order valence-corrected chi connectivity index (χ1v) is 3.60. The van der Waals surface area contributed by atoms with Crippen molar-refractivity contribution < 1.29 is 13.6 Å². The molecule has 66 valence electrons. The quantitative estimate of drug-likeness (QED) is 0.670. The summed E-state index contributed by atoms with van der Waals surface area (Å²) in [7, 11) is 0. The van der Waals surface area contributed by atoms with Gasteiger partial charge in [0.05, 0.1) is 0 Å². The number of alkyl halides is 2. The van der Waals surface area contributed by atoms with Crippen LogP contribution in [0.5, 0.6) is 0 Å². The second kappa shape index (κ2) is 5.04. The minimum Gasteiger partial charge on any atom is -0.351 e. The van der Waals surface area contributed by atoms with Gasteiger partial charge in [0.15, 0.2) is 0 Å². The van der Waals surface area contributed by atoms with Crippen molar-refractivity contribution in [3.63, 3.8) is 0 Å². The van der Waals surface area contributed by atoms with Gasteiger partial charge in [0.2, 0.25) is 0 Å². The van der Waals surface area contributed by atoms with Crippen molar-refractivity contribution in [2.75, 3.05) is 6.54 Å². The third kappa shape index (κ3) is 5.76. The molecule has 1 N–H and O–H groups in total. The van der Waals surface area contributed by atoms with E-state index in [1.54, 1.807) is 0 Å². The predicted molar refractivity (Wildman–Crippen MR) is 38.5 cm³/mol.